The van der Waals surface area contributed by atoms with Gasteiger partial charge in [0.1, 0.15) is 5.54 Å². The van der Waals surface area contributed by atoms with Gasteiger partial charge in [0.25, 0.3) is 5.91 Å². The Morgan fingerprint density at radius 1 is 1.37 bits per heavy atom. The van der Waals surface area contributed by atoms with Crippen LogP contribution in [0.2, 0.25) is 0 Å². The maximum atomic E-state index is 12.0. The van der Waals surface area contributed by atoms with E-state index >= 15 is 0 Å². The minimum atomic E-state index is -1.48. The topological polar surface area (TPSA) is 144 Å². The molecule has 0 unspecified atom stereocenters. The van der Waals surface area contributed by atoms with Gasteiger partial charge in [-0.05, 0) is 12.8 Å². The Hall–Kier alpha value is -1.64. The van der Waals surface area contributed by atoms with Crippen LogP contribution in [0.5, 0.6) is 0 Å². The largest absolute Gasteiger partial charge is 0.395 e. The third-order valence-corrected chi connectivity index (χ3v) is 3.32. The highest BCUT2D eigenvalue weighted by Crippen LogP contribution is 2.42. The van der Waals surface area contributed by atoms with E-state index in [0.29, 0.717) is 5.92 Å². The number of hydrogen-bond acceptors (Lipinski definition) is 6. The van der Waals surface area contributed by atoms with Gasteiger partial charge in [-0.2, -0.15) is 5.10 Å². The molecule has 1 aromatic rings. The summed E-state index contributed by atoms with van der Waals surface area (Å²) in [5.41, 5.74) is 5.40. The van der Waals surface area contributed by atoms with E-state index in [2.05, 4.69) is 15.5 Å². The summed E-state index contributed by atoms with van der Waals surface area (Å²) in [6.45, 7) is -1.78. The van der Waals surface area contributed by atoms with E-state index < -0.39 is 31.3 Å². The molecular weight excluding hydrogens is 252 g/mol. The molecule has 106 valence electrons. The van der Waals surface area contributed by atoms with E-state index in [-0.39, 0.29) is 11.4 Å². The number of carbonyl (C=O) groups is 1. The van der Waals surface area contributed by atoms with Crippen molar-refractivity contribution in [3.8, 4) is 0 Å². The summed E-state index contributed by atoms with van der Waals surface area (Å²) in [6, 6.07) is 0. The molecule has 0 spiro atoms. The molecule has 8 heteroatoms. The zero-order valence-corrected chi connectivity index (χ0v) is 10.4. The molecule has 0 atom stereocenters. The predicted octanol–water partition coefficient (Wildman–Crippen LogP) is -1.69. The molecule has 1 saturated carbocycles. The third kappa shape index (κ3) is 2.55. The summed E-state index contributed by atoms with van der Waals surface area (Å²) in [7, 11) is 0. The molecule has 1 heterocycles. The summed E-state index contributed by atoms with van der Waals surface area (Å²) in [5.74, 6) is -0.315. The number of anilines is 1. The van der Waals surface area contributed by atoms with Crippen LogP contribution in [0, 0.1) is 0 Å². The average molecular weight is 270 g/mol. The zero-order valence-electron chi connectivity index (χ0n) is 10.4. The van der Waals surface area contributed by atoms with Crippen LogP contribution in [0.15, 0.2) is 0 Å². The Labute approximate surface area is 109 Å². The number of carbonyl (C=O) groups excluding carboxylic acids is 1. The third-order valence-electron chi connectivity index (χ3n) is 3.32. The number of amides is 1. The van der Waals surface area contributed by atoms with Crippen LogP contribution in [-0.2, 0) is 0 Å². The summed E-state index contributed by atoms with van der Waals surface area (Å²) in [5, 5.41) is 36.4. The fraction of sp³-hybridized carbons (Fsp3) is 0.636. The molecular formula is C11H18N4O4. The van der Waals surface area contributed by atoms with Crippen molar-refractivity contribution in [3.05, 3.63) is 11.4 Å². The lowest BCUT2D eigenvalue weighted by Gasteiger charge is -2.28. The Morgan fingerprint density at radius 3 is 2.42 bits per heavy atom. The lowest BCUT2D eigenvalue weighted by atomic mass is 10.0. The Bertz CT molecular complexity index is 457. The highest BCUT2D eigenvalue weighted by molar-refractivity contribution is 5.98. The molecule has 1 aliphatic rings. The fourth-order valence-electron chi connectivity index (χ4n) is 1.79. The second-order valence-corrected chi connectivity index (χ2v) is 4.88. The van der Waals surface area contributed by atoms with Gasteiger partial charge in [0.15, 0.2) is 5.69 Å². The Balaban J connectivity index is 2.15. The van der Waals surface area contributed by atoms with Crippen molar-refractivity contribution >= 4 is 11.6 Å². The van der Waals surface area contributed by atoms with E-state index in [4.69, 9.17) is 21.1 Å². The summed E-state index contributed by atoms with van der Waals surface area (Å²) < 4.78 is 0. The number of nitrogens with one attached hydrogen (secondary N) is 2. The monoisotopic (exact) mass is 270 g/mol. The zero-order chi connectivity index (χ0) is 14.0. The van der Waals surface area contributed by atoms with Gasteiger partial charge >= 0.3 is 0 Å². The van der Waals surface area contributed by atoms with Gasteiger partial charge in [-0.3, -0.25) is 9.89 Å². The van der Waals surface area contributed by atoms with Gasteiger partial charge < -0.3 is 26.4 Å². The average Bonchev–Trinajstić information content (AvgIpc) is 3.19. The van der Waals surface area contributed by atoms with Gasteiger partial charge in [-0.25, -0.2) is 0 Å². The molecule has 0 radical (unpaired) electrons. The quantitative estimate of drug-likeness (QED) is 0.364. The number of aliphatic hydroxyl groups excluding tert-OH is 3. The lowest BCUT2D eigenvalue weighted by Crippen LogP contribution is -2.57. The number of aromatic amines is 1. The first kappa shape index (κ1) is 13.8. The highest BCUT2D eigenvalue weighted by Gasteiger charge is 2.34. The molecule has 0 aliphatic heterocycles. The number of hydrogen-bond donors (Lipinski definition) is 6. The van der Waals surface area contributed by atoms with Crippen molar-refractivity contribution < 1.29 is 20.1 Å². The second-order valence-electron chi connectivity index (χ2n) is 4.88. The second kappa shape index (κ2) is 5.16. The van der Waals surface area contributed by atoms with Crippen molar-refractivity contribution in [1.29, 1.82) is 0 Å². The molecule has 0 aromatic carbocycles. The van der Waals surface area contributed by atoms with Crippen LogP contribution in [0.3, 0.4) is 0 Å². The van der Waals surface area contributed by atoms with Gasteiger partial charge in [0.2, 0.25) is 0 Å². The van der Waals surface area contributed by atoms with E-state index in [9.17, 15) is 4.79 Å². The molecule has 0 bridgehead atoms. The van der Waals surface area contributed by atoms with Gasteiger partial charge in [0.05, 0.1) is 31.2 Å². The van der Waals surface area contributed by atoms with E-state index in [1.165, 1.54) is 0 Å². The lowest BCUT2D eigenvalue weighted by molar-refractivity contribution is 0.0373. The van der Waals surface area contributed by atoms with Crippen LogP contribution in [0.25, 0.3) is 0 Å². The van der Waals surface area contributed by atoms with E-state index in [1.54, 1.807) is 0 Å². The van der Waals surface area contributed by atoms with Crippen LogP contribution in [0.1, 0.15) is 34.9 Å². The van der Waals surface area contributed by atoms with Crippen molar-refractivity contribution in [3.63, 3.8) is 0 Å². The highest BCUT2D eigenvalue weighted by atomic mass is 16.3. The van der Waals surface area contributed by atoms with Crippen molar-refractivity contribution in [1.82, 2.24) is 15.5 Å². The van der Waals surface area contributed by atoms with Crippen LogP contribution in [0.4, 0.5) is 5.69 Å². The Morgan fingerprint density at radius 2 is 1.95 bits per heavy atom. The smallest absolute Gasteiger partial charge is 0.274 e. The van der Waals surface area contributed by atoms with E-state index in [1.807, 2.05) is 0 Å². The Kier molecular flexibility index (Phi) is 3.74. The number of nitrogen functional groups attached to an aromatic ring is 1. The fourth-order valence-corrected chi connectivity index (χ4v) is 1.79. The molecule has 0 saturated heterocycles. The normalized spacial score (nSPS) is 15.5. The van der Waals surface area contributed by atoms with Crippen molar-refractivity contribution in [2.45, 2.75) is 24.3 Å². The van der Waals surface area contributed by atoms with Crippen LogP contribution < -0.4 is 11.1 Å². The number of nitrogens with two attached hydrogens (primary N) is 1. The van der Waals surface area contributed by atoms with Gasteiger partial charge in [-0.15, -0.1) is 0 Å². The number of rotatable bonds is 6. The minimum absolute atomic E-state index is 0.0154. The molecule has 8 nitrogen and oxygen atoms in total. The number of H-pyrrole nitrogens is 1. The predicted molar refractivity (Wildman–Crippen MR) is 66.4 cm³/mol. The molecule has 7 N–H and O–H groups in total. The first-order valence-corrected chi connectivity index (χ1v) is 6.05. The first-order chi connectivity index (χ1) is 9.06. The van der Waals surface area contributed by atoms with Crippen molar-refractivity contribution in [2.24, 2.45) is 0 Å². The maximum absolute atomic E-state index is 12.0. The van der Waals surface area contributed by atoms with Crippen LogP contribution in [-0.4, -0.2) is 56.8 Å². The van der Waals surface area contributed by atoms with Crippen molar-refractivity contribution in [2.75, 3.05) is 25.6 Å². The molecule has 1 fully saturated rings. The molecule has 2 rings (SSSR count). The summed E-state index contributed by atoms with van der Waals surface area (Å²) >= 11 is 0. The molecule has 19 heavy (non-hydrogen) atoms. The molecule has 1 aromatic heterocycles. The number of aliphatic hydroxyl groups is 3. The summed E-state index contributed by atoms with van der Waals surface area (Å²) in [4.78, 5) is 12.0. The number of aromatic nitrogens is 2. The first-order valence-electron chi connectivity index (χ1n) is 6.05. The number of nitrogens with zero attached hydrogens (tertiary/aromatic N) is 1. The SMILES string of the molecule is Nc1c(C(=O)NC(CO)(CO)CO)n[nH]c1C1CC1. The molecule has 1 amide bonds. The maximum Gasteiger partial charge on any atom is 0.274 e. The van der Waals surface area contributed by atoms with Gasteiger partial charge in [-0.1, -0.05) is 0 Å². The summed E-state index contributed by atoms with van der Waals surface area (Å²) in [6.07, 6.45) is 2.03. The minimum Gasteiger partial charge on any atom is -0.395 e. The van der Waals surface area contributed by atoms with Crippen LogP contribution >= 0.6 is 0 Å². The van der Waals surface area contributed by atoms with Gasteiger partial charge in [0, 0.05) is 5.92 Å². The standard InChI is InChI=1S/C11H18N4O4/c12-7-8(6-1-2-6)14-15-9(7)10(19)13-11(3-16,4-17)5-18/h6,16-18H,1-5,12H2,(H,13,19)(H,14,15). The van der Waals surface area contributed by atoms with E-state index in [0.717, 1.165) is 18.5 Å². The molecule has 1 aliphatic carbocycles.